The van der Waals surface area contributed by atoms with E-state index >= 15 is 0 Å². The molecule has 104 valence electrons. The maximum absolute atomic E-state index is 13.3. The predicted molar refractivity (Wildman–Crippen MR) is 59.6 cm³/mol. The summed E-state index contributed by atoms with van der Waals surface area (Å²) in [6.07, 6.45) is 0.297. The second kappa shape index (κ2) is 7.90. The van der Waals surface area contributed by atoms with Gasteiger partial charge in [0.1, 0.15) is 0 Å². The van der Waals surface area contributed by atoms with Crippen molar-refractivity contribution in [1.29, 1.82) is 0 Å². The lowest BCUT2D eigenvalue weighted by atomic mass is 9.97. The van der Waals surface area contributed by atoms with Gasteiger partial charge in [0.2, 0.25) is 5.67 Å². The van der Waals surface area contributed by atoms with Crippen LogP contribution >= 0.6 is 0 Å². The molecule has 0 bridgehead atoms. The molecule has 1 unspecified atom stereocenters. The Bertz CT molecular complexity index is 193. The van der Waals surface area contributed by atoms with Crippen LogP contribution in [0.15, 0.2) is 0 Å². The fourth-order valence-electron chi connectivity index (χ4n) is 1.67. The molecule has 17 heavy (non-hydrogen) atoms. The Morgan fingerprint density at radius 1 is 0.824 bits per heavy atom. The minimum absolute atomic E-state index is 0.169. The molecule has 0 amide bonds. The zero-order valence-corrected chi connectivity index (χ0v) is 10.3. The number of hydrogen-bond acceptors (Lipinski definition) is 1. The van der Waals surface area contributed by atoms with Crippen LogP contribution < -0.4 is 0 Å². The molecule has 0 fully saturated rings. The molecule has 0 saturated carbocycles. The van der Waals surface area contributed by atoms with E-state index in [0.717, 1.165) is 32.1 Å². The molecule has 0 aliphatic rings. The zero-order chi connectivity index (χ0) is 13.4. The fourth-order valence-corrected chi connectivity index (χ4v) is 1.67. The smallest absolute Gasteiger partial charge is 0.393 e. The monoisotopic (exact) mass is 258 g/mol. The molecular formula is C12H22F4O. The topological polar surface area (TPSA) is 20.2 Å². The predicted octanol–water partition coefficient (Wildman–Crippen LogP) is 4.39. The first-order valence-corrected chi connectivity index (χ1v) is 6.24. The normalized spacial score (nSPS) is 15.9. The third-order valence-corrected chi connectivity index (χ3v) is 2.94. The quantitative estimate of drug-likeness (QED) is 0.480. The number of hydrogen-bond donors (Lipinski definition) is 1. The number of aliphatic hydroxyl groups excluding tert-OH is 1. The van der Waals surface area contributed by atoms with E-state index < -0.39 is 24.9 Å². The number of alkyl halides is 4. The molecule has 0 rings (SSSR count). The first kappa shape index (κ1) is 16.7. The van der Waals surface area contributed by atoms with E-state index in [1.165, 1.54) is 0 Å². The van der Waals surface area contributed by atoms with E-state index in [0.29, 0.717) is 6.42 Å². The standard InChI is InChI=1S/C12H22F4O/c1-2-3-4-5-6-7-8-9-11(13,10-17)12(14,15)16/h17H,2-10H2,1H3. The Morgan fingerprint density at radius 3 is 1.71 bits per heavy atom. The van der Waals surface area contributed by atoms with Crippen molar-refractivity contribution in [2.45, 2.75) is 70.1 Å². The van der Waals surface area contributed by atoms with Crippen molar-refractivity contribution in [2.24, 2.45) is 0 Å². The highest BCUT2D eigenvalue weighted by Gasteiger charge is 2.54. The van der Waals surface area contributed by atoms with Gasteiger partial charge in [-0.25, -0.2) is 4.39 Å². The summed E-state index contributed by atoms with van der Waals surface area (Å²) in [6, 6.07) is 0. The third kappa shape index (κ3) is 6.24. The van der Waals surface area contributed by atoms with Gasteiger partial charge in [-0.05, 0) is 12.8 Å². The SMILES string of the molecule is CCCCCCCCCC(F)(CO)C(F)(F)F. The molecule has 0 saturated heterocycles. The lowest BCUT2D eigenvalue weighted by Gasteiger charge is -2.25. The van der Waals surface area contributed by atoms with Crippen molar-refractivity contribution in [3.05, 3.63) is 0 Å². The van der Waals surface area contributed by atoms with Crippen LogP contribution in [0.5, 0.6) is 0 Å². The van der Waals surface area contributed by atoms with Gasteiger partial charge in [-0.15, -0.1) is 0 Å². The van der Waals surface area contributed by atoms with E-state index in [2.05, 4.69) is 6.92 Å². The summed E-state index contributed by atoms with van der Waals surface area (Å²) in [4.78, 5) is 0. The molecule has 5 heteroatoms. The Morgan fingerprint density at radius 2 is 1.29 bits per heavy atom. The highest BCUT2D eigenvalue weighted by Crippen LogP contribution is 2.37. The average molecular weight is 258 g/mol. The van der Waals surface area contributed by atoms with Crippen LogP contribution in [0.25, 0.3) is 0 Å². The van der Waals surface area contributed by atoms with Crippen LogP contribution in [0.2, 0.25) is 0 Å². The number of rotatable bonds is 9. The lowest BCUT2D eigenvalue weighted by Crippen LogP contribution is -2.44. The third-order valence-electron chi connectivity index (χ3n) is 2.94. The van der Waals surface area contributed by atoms with Crippen LogP contribution in [0.3, 0.4) is 0 Å². The summed E-state index contributed by atoms with van der Waals surface area (Å²) in [5, 5.41) is 8.50. The summed E-state index contributed by atoms with van der Waals surface area (Å²) in [7, 11) is 0. The summed E-state index contributed by atoms with van der Waals surface area (Å²) in [5.41, 5.74) is -3.42. The Hall–Kier alpha value is -0.320. The van der Waals surface area contributed by atoms with E-state index in [1.54, 1.807) is 0 Å². The molecule has 0 aliphatic carbocycles. The van der Waals surface area contributed by atoms with Crippen LogP contribution in [0.1, 0.15) is 58.3 Å². The molecule has 1 N–H and O–H groups in total. The van der Waals surface area contributed by atoms with Gasteiger partial charge in [0.15, 0.2) is 0 Å². The second-order valence-corrected chi connectivity index (χ2v) is 4.49. The van der Waals surface area contributed by atoms with Gasteiger partial charge in [0.25, 0.3) is 0 Å². The van der Waals surface area contributed by atoms with Gasteiger partial charge >= 0.3 is 6.18 Å². The maximum atomic E-state index is 13.3. The molecule has 0 aromatic carbocycles. The van der Waals surface area contributed by atoms with Gasteiger partial charge in [-0.3, -0.25) is 0 Å². The van der Waals surface area contributed by atoms with Crippen LogP contribution in [0, 0.1) is 0 Å². The highest BCUT2D eigenvalue weighted by atomic mass is 19.4. The average Bonchev–Trinajstić information content (AvgIpc) is 2.26. The molecule has 1 nitrogen and oxygen atoms in total. The number of halogens is 4. The maximum Gasteiger partial charge on any atom is 0.424 e. The van der Waals surface area contributed by atoms with Crippen molar-refractivity contribution in [3.8, 4) is 0 Å². The van der Waals surface area contributed by atoms with Crippen molar-refractivity contribution in [3.63, 3.8) is 0 Å². The molecule has 0 aromatic rings. The van der Waals surface area contributed by atoms with Gasteiger partial charge in [-0.2, -0.15) is 13.2 Å². The Labute approximate surface area is 100 Å². The first-order valence-electron chi connectivity index (χ1n) is 6.24. The fraction of sp³-hybridized carbons (Fsp3) is 1.00. The zero-order valence-electron chi connectivity index (χ0n) is 10.3. The highest BCUT2D eigenvalue weighted by molar-refractivity contribution is 4.86. The van der Waals surface area contributed by atoms with Crippen molar-refractivity contribution >= 4 is 0 Å². The van der Waals surface area contributed by atoms with Gasteiger partial charge in [-0.1, -0.05) is 45.4 Å². The summed E-state index contributed by atoms with van der Waals surface area (Å²) >= 11 is 0. The first-order chi connectivity index (χ1) is 7.87. The molecule has 0 aromatic heterocycles. The van der Waals surface area contributed by atoms with E-state index in [9.17, 15) is 17.6 Å². The minimum atomic E-state index is -4.97. The van der Waals surface area contributed by atoms with Crippen molar-refractivity contribution in [1.82, 2.24) is 0 Å². The second-order valence-electron chi connectivity index (χ2n) is 4.49. The van der Waals surface area contributed by atoms with E-state index in [4.69, 9.17) is 5.11 Å². The Balaban J connectivity index is 3.71. The summed E-state index contributed by atoms with van der Waals surface area (Å²) in [6.45, 7) is 0.606. The lowest BCUT2D eigenvalue weighted by molar-refractivity contribution is -0.243. The molecule has 0 heterocycles. The number of unbranched alkanes of at least 4 members (excludes halogenated alkanes) is 6. The van der Waals surface area contributed by atoms with Crippen molar-refractivity contribution in [2.75, 3.05) is 6.61 Å². The molecular weight excluding hydrogens is 236 g/mol. The Kier molecular flexibility index (Phi) is 7.75. The summed E-state index contributed by atoms with van der Waals surface area (Å²) < 4.78 is 50.0. The van der Waals surface area contributed by atoms with Crippen molar-refractivity contribution < 1.29 is 22.7 Å². The van der Waals surface area contributed by atoms with E-state index in [1.807, 2.05) is 0 Å². The van der Waals surface area contributed by atoms with Crippen LogP contribution in [-0.2, 0) is 0 Å². The molecule has 0 spiro atoms. The molecule has 0 aliphatic heterocycles. The number of aliphatic hydroxyl groups is 1. The summed E-state index contributed by atoms with van der Waals surface area (Å²) in [5.74, 6) is 0. The van der Waals surface area contributed by atoms with Crippen LogP contribution in [0.4, 0.5) is 17.6 Å². The largest absolute Gasteiger partial charge is 0.424 e. The minimum Gasteiger partial charge on any atom is -0.393 e. The van der Waals surface area contributed by atoms with Gasteiger partial charge < -0.3 is 5.11 Å². The van der Waals surface area contributed by atoms with Gasteiger partial charge in [0.05, 0.1) is 6.61 Å². The van der Waals surface area contributed by atoms with Gasteiger partial charge in [0, 0.05) is 0 Å². The van der Waals surface area contributed by atoms with Crippen LogP contribution in [-0.4, -0.2) is 23.6 Å². The van der Waals surface area contributed by atoms with E-state index in [-0.39, 0.29) is 6.42 Å². The molecule has 0 radical (unpaired) electrons. The molecule has 1 atom stereocenters.